The van der Waals surface area contributed by atoms with E-state index in [1.807, 2.05) is 43.3 Å². The number of carbonyl (C=O) groups excluding carboxylic acids is 2. The van der Waals surface area contributed by atoms with Gasteiger partial charge in [-0.05, 0) is 61.4 Å². The molecule has 128 valence electrons. The molecule has 0 bridgehead atoms. The minimum absolute atomic E-state index is 0.0684. The molecule has 4 nitrogen and oxygen atoms in total. The monoisotopic (exact) mass is 335 g/mol. The van der Waals surface area contributed by atoms with E-state index in [4.69, 9.17) is 4.74 Å². The molecule has 0 atom stereocenters. The molecule has 0 unspecified atom stereocenters. The number of allylic oxidation sites excluding steroid dienone is 1. The number of ketones is 1. The second-order valence-electron chi connectivity index (χ2n) is 5.90. The average molecular weight is 335 g/mol. The zero-order valence-corrected chi connectivity index (χ0v) is 14.3. The number of anilines is 1. The lowest BCUT2D eigenvalue weighted by Gasteiger charge is -2.15. The number of hydrogen-bond donors (Lipinski definition) is 0. The number of hydrogen-bond acceptors (Lipinski definition) is 3. The summed E-state index contributed by atoms with van der Waals surface area (Å²) in [4.78, 5) is 25.9. The van der Waals surface area contributed by atoms with Crippen LogP contribution in [-0.2, 0) is 4.79 Å². The Balaban J connectivity index is 1.68. The second-order valence-corrected chi connectivity index (χ2v) is 5.90. The summed E-state index contributed by atoms with van der Waals surface area (Å²) in [5.74, 6) is 0.867. The van der Waals surface area contributed by atoms with E-state index in [0.717, 1.165) is 30.0 Å². The first-order valence-corrected chi connectivity index (χ1v) is 8.53. The fraction of sp³-hybridized carbons (Fsp3) is 0.238. The third kappa shape index (κ3) is 4.15. The maximum atomic E-state index is 12.3. The van der Waals surface area contributed by atoms with Crippen LogP contribution in [0.4, 0.5) is 5.69 Å². The number of ether oxygens (including phenoxy) is 1. The highest BCUT2D eigenvalue weighted by Crippen LogP contribution is 2.22. The Morgan fingerprint density at radius 1 is 1.20 bits per heavy atom. The van der Waals surface area contributed by atoms with Crippen LogP contribution >= 0.6 is 0 Å². The van der Waals surface area contributed by atoms with E-state index in [1.54, 1.807) is 29.2 Å². The number of carbonyl (C=O) groups is 2. The van der Waals surface area contributed by atoms with E-state index in [2.05, 4.69) is 0 Å². The summed E-state index contributed by atoms with van der Waals surface area (Å²) in [5, 5.41) is 0. The van der Waals surface area contributed by atoms with Crippen molar-refractivity contribution in [1.29, 1.82) is 0 Å². The van der Waals surface area contributed by atoms with E-state index in [9.17, 15) is 9.59 Å². The maximum absolute atomic E-state index is 12.3. The Bertz CT molecular complexity index is 793. The number of rotatable bonds is 6. The van der Waals surface area contributed by atoms with Crippen LogP contribution in [0.5, 0.6) is 5.75 Å². The van der Waals surface area contributed by atoms with Crippen molar-refractivity contribution in [3.63, 3.8) is 0 Å². The molecule has 1 aliphatic rings. The highest BCUT2D eigenvalue weighted by molar-refractivity contribution is 6.07. The standard InChI is InChI=1S/C21H21NO3/c1-2-25-19-6-3-5-16(15-19)8-13-20(23)17-9-11-18(12-10-17)22-14-4-7-21(22)24/h3,5-6,8-13,15H,2,4,7,14H2,1H3/b13-8+. The minimum Gasteiger partial charge on any atom is -0.494 e. The van der Waals surface area contributed by atoms with Crippen LogP contribution in [0.2, 0.25) is 0 Å². The Kier molecular flexibility index (Phi) is 5.29. The molecule has 0 radical (unpaired) electrons. The summed E-state index contributed by atoms with van der Waals surface area (Å²) in [6, 6.07) is 14.8. The molecule has 1 amide bonds. The number of benzene rings is 2. The quantitative estimate of drug-likeness (QED) is 0.589. The molecule has 2 aromatic rings. The average Bonchev–Trinajstić information content (AvgIpc) is 3.06. The van der Waals surface area contributed by atoms with Crippen molar-refractivity contribution in [2.24, 2.45) is 0 Å². The van der Waals surface area contributed by atoms with Crippen LogP contribution < -0.4 is 9.64 Å². The van der Waals surface area contributed by atoms with Crippen LogP contribution in [0.15, 0.2) is 54.6 Å². The molecule has 3 rings (SSSR count). The minimum atomic E-state index is -0.0684. The van der Waals surface area contributed by atoms with Crippen molar-refractivity contribution < 1.29 is 14.3 Å². The molecule has 25 heavy (non-hydrogen) atoms. The zero-order valence-electron chi connectivity index (χ0n) is 14.3. The zero-order chi connectivity index (χ0) is 17.6. The molecule has 0 aromatic heterocycles. The number of nitrogens with zero attached hydrogens (tertiary/aromatic N) is 1. The van der Waals surface area contributed by atoms with Gasteiger partial charge in [-0.15, -0.1) is 0 Å². The Labute approximate surface area is 147 Å². The third-order valence-corrected chi connectivity index (χ3v) is 4.13. The molecule has 1 fully saturated rings. The largest absolute Gasteiger partial charge is 0.494 e. The fourth-order valence-corrected chi connectivity index (χ4v) is 2.87. The van der Waals surface area contributed by atoms with E-state index in [0.29, 0.717) is 18.6 Å². The normalized spacial score (nSPS) is 14.3. The molecule has 2 aromatic carbocycles. The predicted molar refractivity (Wildman–Crippen MR) is 99.0 cm³/mol. The molecule has 0 N–H and O–H groups in total. The second kappa shape index (κ2) is 7.79. The van der Waals surface area contributed by atoms with Gasteiger partial charge in [0.2, 0.25) is 5.91 Å². The van der Waals surface area contributed by atoms with Crippen LogP contribution in [0.1, 0.15) is 35.7 Å². The Morgan fingerprint density at radius 2 is 2.00 bits per heavy atom. The summed E-state index contributed by atoms with van der Waals surface area (Å²) in [6.45, 7) is 3.30. The molecule has 0 spiro atoms. The molecular formula is C21H21NO3. The first kappa shape index (κ1) is 17.0. The first-order chi connectivity index (χ1) is 12.2. The summed E-state index contributed by atoms with van der Waals surface area (Å²) in [6.07, 6.45) is 4.83. The van der Waals surface area contributed by atoms with Gasteiger partial charge in [0.25, 0.3) is 0 Å². The summed E-state index contributed by atoms with van der Waals surface area (Å²) < 4.78 is 5.46. The van der Waals surface area contributed by atoms with Gasteiger partial charge >= 0.3 is 0 Å². The number of amides is 1. The third-order valence-electron chi connectivity index (χ3n) is 4.13. The van der Waals surface area contributed by atoms with Gasteiger partial charge in [-0.1, -0.05) is 18.2 Å². The molecule has 0 saturated carbocycles. The first-order valence-electron chi connectivity index (χ1n) is 8.53. The lowest BCUT2D eigenvalue weighted by atomic mass is 10.1. The Morgan fingerprint density at radius 3 is 2.68 bits per heavy atom. The lowest BCUT2D eigenvalue weighted by molar-refractivity contribution is -0.117. The van der Waals surface area contributed by atoms with Gasteiger partial charge in [-0.2, -0.15) is 0 Å². The summed E-state index contributed by atoms with van der Waals surface area (Å²) in [7, 11) is 0. The van der Waals surface area contributed by atoms with Gasteiger partial charge < -0.3 is 9.64 Å². The van der Waals surface area contributed by atoms with Crippen molar-refractivity contribution in [3.8, 4) is 5.75 Å². The van der Waals surface area contributed by atoms with Gasteiger partial charge in [-0.3, -0.25) is 9.59 Å². The molecule has 4 heteroatoms. The SMILES string of the molecule is CCOc1cccc(/C=C/C(=O)c2ccc(N3CCCC3=O)cc2)c1. The van der Waals surface area contributed by atoms with Crippen LogP contribution in [0, 0.1) is 0 Å². The summed E-state index contributed by atoms with van der Waals surface area (Å²) >= 11 is 0. The smallest absolute Gasteiger partial charge is 0.227 e. The molecular weight excluding hydrogens is 314 g/mol. The van der Waals surface area contributed by atoms with E-state index < -0.39 is 0 Å². The van der Waals surface area contributed by atoms with E-state index >= 15 is 0 Å². The van der Waals surface area contributed by atoms with Crippen molar-refractivity contribution in [3.05, 3.63) is 65.7 Å². The fourth-order valence-electron chi connectivity index (χ4n) is 2.87. The van der Waals surface area contributed by atoms with Gasteiger partial charge in [0.15, 0.2) is 5.78 Å². The molecule has 1 aliphatic heterocycles. The highest BCUT2D eigenvalue weighted by atomic mass is 16.5. The van der Waals surface area contributed by atoms with Crippen LogP contribution in [0.3, 0.4) is 0 Å². The van der Waals surface area contributed by atoms with Gasteiger partial charge in [0.1, 0.15) is 5.75 Å². The van der Waals surface area contributed by atoms with Crippen molar-refractivity contribution >= 4 is 23.5 Å². The maximum Gasteiger partial charge on any atom is 0.227 e. The van der Waals surface area contributed by atoms with Crippen molar-refractivity contribution in [2.75, 3.05) is 18.1 Å². The molecule has 0 aliphatic carbocycles. The lowest BCUT2D eigenvalue weighted by Crippen LogP contribution is -2.23. The molecule has 1 saturated heterocycles. The van der Waals surface area contributed by atoms with Crippen LogP contribution in [0.25, 0.3) is 6.08 Å². The highest BCUT2D eigenvalue weighted by Gasteiger charge is 2.21. The van der Waals surface area contributed by atoms with Crippen molar-refractivity contribution in [1.82, 2.24) is 0 Å². The topological polar surface area (TPSA) is 46.6 Å². The van der Waals surface area contributed by atoms with E-state index in [1.165, 1.54) is 0 Å². The van der Waals surface area contributed by atoms with Gasteiger partial charge in [0.05, 0.1) is 6.61 Å². The van der Waals surface area contributed by atoms with Crippen molar-refractivity contribution in [2.45, 2.75) is 19.8 Å². The van der Waals surface area contributed by atoms with E-state index in [-0.39, 0.29) is 11.7 Å². The van der Waals surface area contributed by atoms with Gasteiger partial charge in [0, 0.05) is 24.2 Å². The summed E-state index contributed by atoms with van der Waals surface area (Å²) in [5.41, 5.74) is 2.37. The molecule has 1 heterocycles. The van der Waals surface area contributed by atoms with Crippen LogP contribution in [-0.4, -0.2) is 24.8 Å². The van der Waals surface area contributed by atoms with Gasteiger partial charge in [-0.25, -0.2) is 0 Å². The predicted octanol–water partition coefficient (Wildman–Crippen LogP) is 4.11. The Hall–Kier alpha value is -2.88.